The average molecular weight is 353 g/mol. The number of benzene rings is 3. The molecule has 3 aromatic rings. The monoisotopic (exact) mass is 353 g/mol. The molecule has 0 radical (unpaired) electrons. The van der Waals surface area contributed by atoms with Crippen LogP contribution < -0.4 is 15.9 Å². The highest BCUT2D eigenvalue weighted by Crippen LogP contribution is 2.46. The third-order valence-corrected chi connectivity index (χ3v) is 7.16. The van der Waals surface area contributed by atoms with E-state index in [0.29, 0.717) is 16.2 Å². The first-order chi connectivity index (χ1) is 11.9. The quantitative estimate of drug-likeness (QED) is 0.444. The van der Waals surface area contributed by atoms with Gasteiger partial charge in [0.1, 0.15) is 5.75 Å². The fourth-order valence-corrected chi connectivity index (χ4v) is 5.55. The van der Waals surface area contributed by atoms with E-state index in [9.17, 15) is 19.8 Å². The van der Waals surface area contributed by atoms with Gasteiger partial charge in [-0.1, -0.05) is 60.7 Å². The fraction of sp³-hybridized carbons (Fsp3) is 0.0526. The second kappa shape index (κ2) is 6.54. The zero-order chi connectivity index (χ0) is 18.0. The van der Waals surface area contributed by atoms with Gasteiger partial charge >= 0.3 is 0 Å². The molecule has 0 unspecified atom stereocenters. The van der Waals surface area contributed by atoms with Crippen molar-refractivity contribution in [3.63, 3.8) is 0 Å². The minimum Gasteiger partial charge on any atom is -0.507 e. The maximum Gasteiger partial charge on any atom is 0.273 e. The Kier molecular flexibility index (Phi) is 4.43. The average Bonchev–Trinajstić information content (AvgIpc) is 2.62. The molecule has 126 valence electrons. The van der Waals surface area contributed by atoms with Gasteiger partial charge in [0, 0.05) is 22.2 Å². The van der Waals surface area contributed by atoms with Crippen molar-refractivity contribution in [2.45, 2.75) is 6.92 Å². The summed E-state index contributed by atoms with van der Waals surface area (Å²) in [5, 5.41) is 22.9. The van der Waals surface area contributed by atoms with Crippen molar-refractivity contribution in [2.24, 2.45) is 0 Å². The predicted molar refractivity (Wildman–Crippen MR) is 98.9 cm³/mol. The Morgan fingerprint density at radius 2 is 1.40 bits per heavy atom. The number of nitro benzene ring substituents is 1. The topological polar surface area (TPSA) is 80.4 Å². The van der Waals surface area contributed by atoms with Crippen molar-refractivity contribution in [3.05, 3.63) is 88.5 Å². The van der Waals surface area contributed by atoms with E-state index >= 15 is 0 Å². The van der Waals surface area contributed by atoms with Crippen LogP contribution in [0, 0.1) is 17.0 Å². The summed E-state index contributed by atoms with van der Waals surface area (Å²) in [6.45, 7) is 1.54. The molecule has 0 atom stereocenters. The first-order valence-electron chi connectivity index (χ1n) is 7.64. The van der Waals surface area contributed by atoms with E-state index in [1.54, 1.807) is 60.7 Å². The molecule has 1 N–H and O–H groups in total. The molecule has 0 saturated heterocycles. The summed E-state index contributed by atoms with van der Waals surface area (Å²) < 4.78 is 14.1. The molecule has 3 aromatic carbocycles. The number of rotatable bonds is 4. The van der Waals surface area contributed by atoms with Crippen LogP contribution in [0.2, 0.25) is 0 Å². The lowest BCUT2D eigenvalue weighted by Gasteiger charge is -2.21. The van der Waals surface area contributed by atoms with E-state index in [-0.39, 0.29) is 16.7 Å². The van der Waals surface area contributed by atoms with Gasteiger partial charge < -0.3 is 9.67 Å². The van der Waals surface area contributed by atoms with Crippen molar-refractivity contribution in [1.29, 1.82) is 0 Å². The number of aromatic hydroxyl groups is 1. The summed E-state index contributed by atoms with van der Waals surface area (Å²) in [4.78, 5) is 10.8. The van der Waals surface area contributed by atoms with Crippen molar-refractivity contribution in [2.75, 3.05) is 0 Å². The molecule has 0 amide bonds. The summed E-state index contributed by atoms with van der Waals surface area (Å²) in [5.74, 6) is -0.209. The summed E-state index contributed by atoms with van der Waals surface area (Å²) in [6.07, 6.45) is 0. The SMILES string of the molecule is Cc1cc(O)c(P(=O)(c2ccccc2)c2ccccc2)cc1[N+](=O)[O-]. The summed E-state index contributed by atoms with van der Waals surface area (Å²) in [6, 6.07) is 20.0. The Hall–Kier alpha value is -2.91. The van der Waals surface area contributed by atoms with Gasteiger partial charge in [0.25, 0.3) is 5.69 Å². The second-order valence-electron chi connectivity index (χ2n) is 5.66. The Bertz CT molecular complexity index is 928. The normalized spacial score (nSPS) is 11.2. The molecule has 0 saturated carbocycles. The molecule has 25 heavy (non-hydrogen) atoms. The lowest BCUT2D eigenvalue weighted by atomic mass is 10.2. The van der Waals surface area contributed by atoms with Gasteiger partial charge in [-0.2, -0.15) is 0 Å². The third-order valence-electron chi connectivity index (χ3n) is 4.07. The van der Waals surface area contributed by atoms with Gasteiger partial charge in [0.2, 0.25) is 0 Å². The first kappa shape index (κ1) is 16.9. The molecule has 0 bridgehead atoms. The van der Waals surface area contributed by atoms with Gasteiger partial charge in [0.15, 0.2) is 7.14 Å². The minimum atomic E-state index is -3.45. The van der Waals surface area contributed by atoms with Gasteiger partial charge in [0.05, 0.1) is 10.2 Å². The van der Waals surface area contributed by atoms with Crippen LogP contribution in [0.25, 0.3) is 0 Å². The van der Waals surface area contributed by atoms with E-state index in [4.69, 9.17) is 0 Å². The van der Waals surface area contributed by atoms with Gasteiger partial charge in [-0.05, 0) is 13.0 Å². The maximum absolute atomic E-state index is 14.1. The van der Waals surface area contributed by atoms with E-state index in [2.05, 4.69) is 0 Å². The smallest absolute Gasteiger partial charge is 0.273 e. The molecule has 0 aromatic heterocycles. The number of nitrogens with zero attached hydrogens (tertiary/aromatic N) is 1. The van der Waals surface area contributed by atoms with Crippen LogP contribution >= 0.6 is 7.14 Å². The fourth-order valence-electron chi connectivity index (χ4n) is 2.82. The first-order valence-corrected chi connectivity index (χ1v) is 9.35. The number of phenolic OH excluding ortho intramolecular Hbond substituents is 1. The van der Waals surface area contributed by atoms with Gasteiger partial charge in [-0.25, -0.2) is 0 Å². The van der Waals surface area contributed by atoms with Crippen LogP contribution in [0.3, 0.4) is 0 Å². The van der Waals surface area contributed by atoms with Crippen molar-refractivity contribution in [1.82, 2.24) is 0 Å². The highest BCUT2D eigenvalue weighted by molar-refractivity contribution is 7.85. The number of hydrogen-bond acceptors (Lipinski definition) is 4. The summed E-state index contributed by atoms with van der Waals surface area (Å²) in [5.41, 5.74) is 0.152. The Balaban J connectivity index is 2.37. The Morgan fingerprint density at radius 3 is 1.84 bits per heavy atom. The molecular formula is C19H16NO4P. The zero-order valence-electron chi connectivity index (χ0n) is 13.5. The Morgan fingerprint density at radius 1 is 0.920 bits per heavy atom. The number of nitro groups is 1. The maximum atomic E-state index is 14.1. The van der Waals surface area contributed by atoms with Gasteiger partial charge in [-0.15, -0.1) is 0 Å². The molecule has 0 aliphatic heterocycles. The van der Waals surface area contributed by atoms with Crippen LogP contribution in [0.4, 0.5) is 5.69 Å². The third kappa shape index (κ3) is 2.94. The number of aryl methyl sites for hydroxylation is 1. The molecule has 0 fully saturated rings. The number of phenols is 1. The molecule has 6 heteroatoms. The van der Waals surface area contributed by atoms with Gasteiger partial charge in [-0.3, -0.25) is 10.1 Å². The van der Waals surface area contributed by atoms with Crippen LogP contribution in [0.1, 0.15) is 5.56 Å². The van der Waals surface area contributed by atoms with E-state index < -0.39 is 12.1 Å². The highest BCUT2D eigenvalue weighted by Gasteiger charge is 2.34. The molecule has 5 nitrogen and oxygen atoms in total. The lowest BCUT2D eigenvalue weighted by Crippen LogP contribution is -2.25. The highest BCUT2D eigenvalue weighted by atomic mass is 31.2. The molecular weight excluding hydrogens is 337 g/mol. The summed E-state index contributed by atoms with van der Waals surface area (Å²) >= 11 is 0. The molecule has 3 rings (SSSR count). The van der Waals surface area contributed by atoms with E-state index in [0.717, 1.165) is 0 Å². The van der Waals surface area contributed by atoms with Crippen molar-refractivity contribution in [3.8, 4) is 5.75 Å². The second-order valence-corrected chi connectivity index (χ2v) is 8.40. The largest absolute Gasteiger partial charge is 0.507 e. The van der Waals surface area contributed by atoms with Crippen LogP contribution in [0.15, 0.2) is 72.8 Å². The summed E-state index contributed by atoms with van der Waals surface area (Å²) in [7, 11) is -3.45. The van der Waals surface area contributed by atoms with Crippen LogP contribution in [-0.2, 0) is 4.57 Å². The molecule has 0 spiro atoms. The molecule has 0 aliphatic rings. The van der Waals surface area contributed by atoms with Crippen LogP contribution in [-0.4, -0.2) is 10.0 Å². The van der Waals surface area contributed by atoms with Crippen molar-refractivity contribution < 1.29 is 14.6 Å². The minimum absolute atomic E-state index is 0.0715. The standard InChI is InChI=1S/C19H16NO4P/c1-14-12-18(21)19(13-17(14)20(22)23)25(24,15-8-4-2-5-9-15)16-10-6-3-7-11-16/h2-13,21H,1H3. The number of hydrogen-bond donors (Lipinski definition) is 1. The predicted octanol–water partition coefficient (Wildman–Crippen LogP) is 3.25. The zero-order valence-corrected chi connectivity index (χ0v) is 14.4. The molecule has 0 aliphatic carbocycles. The van der Waals surface area contributed by atoms with E-state index in [1.807, 2.05) is 0 Å². The van der Waals surface area contributed by atoms with Crippen LogP contribution in [0.5, 0.6) is 5.75 Å². The Labute approximate surface area is 145 Å². The molecule has 0 heterocycles. The van der Waals surface area contributed by atoms with Crippen molar-refractivity contribution >= 4 is 28.7 Å². The lowest BCUT2D eigenvalue weighted by molar-refractivity contribution is -0.385. The van der Waals surface area contributed by atoms with E-state index in [1.165, 1.54) is 19.1 Å².